The number of rotatable bonds is 10. The lowest BCUT2D eigenvalue weighted by Crippen LogP contribution is -2.34. The zero-order valence-electron chi connectivity index (χ0n) is 20.8. The highest BCUT2D eigenvalue weighted by molar-refractivity contribution is 9.11. The third kappa shape index (κ3) is 7.77. The van der Waals surface area contributed by atoms with Gasteiger partial charge in [0.15, 0.2) is 17.2 Å². The molecule has 2 N–H and O–H groups in total. The second kappa shape index (κ2) is 13.7. The predicted molar refractivity (Wildman–Crippen MR) is 147 cm³/mol. The van der Waals surface area contributed by atoms with Crippen molar-refractivity contribution in [3.05, 3.63) is 80.0 Å². The van der Waals surface area contributed by atoms with Crippen LogP contribution < -0.4 is 29.7 Å². The first-order valence-electron chi connectivity index (χ1n) is 11.0. The number of carbonyl (C=O) groups excluding carboxylic acids is 3. The van der Waals surface area contributed by atoms with Gasteiger partial charge in [0.2, 0.25) is 5.75 Å². The van der Waals surface area contributed by atoms with E-state index in [9.17, 15) is 18.8 Å². The number of methoxy groups -OCH3 is 3. The fourth-order valence-corrected chi connectivity index (χ4v) is 4.58. The average Bonchev–Trinajstić information content (AvgIpc) is 2.92. The van der Waals surface area contributed by atoms with E-state index in [1.165, 1.54) is 57.9 Å². The van der Waals surface area contributed by atoms with E-state index in [2.05, 4.69) is 47.7 Å². The second-order valence-corrected chi connectivity index (χ2v) is 9.37. The number of hydrogen-bond donors (Lipinski definition) is 2. The Kier molecular flexibility index (Phi) is 10.4. The Morgan fingerprint density at radius 1 is 0.923 bits per heavy atom. The van der Waals surface area contributed by atoms with Gasteiger partial charge >= 0.3 is 5.97 Å². The minimum absolute atomic E-state index is 0.0730. The molecule has 3 rings (SSSR count). The van der Waals surface area contributed by atoms with Gasteiger partial charge < -0.3 is 24.3 Å². The van der Waals surface area contributed by atoms with Crippen molar-refractivity contribution in [3.63, 3.8) is 0 Å². The molecule has 0 aliphatic carbocycles. The van der Waals surface area contributed by atoms with E-state index in [0.29, 0.717) is 20.3 Å². The molecule has 0 saturated heterocycles. The Morgan fingerprint density at radius 2 is 1.62 bits per heavy atom. The maximum atomic E-state index is 13.3. The van der Waals surface area contributed by atoms with Crippen LogP contribution in [0.4, 0.5) is 4.39 Å². The molecule has 0 bridgehead atoms. The molecule has 0 aliphatic rings. The quantitative estimate of drug-likeness (QED) is 0.142. The van der Waals surface area contributed by atoms with E-state index in [4.69, 9.17) is 18.9 Å². The van der Waals surface area contributed by atoms with Crippen molar-refractivity contribution in [2.75, 3.05) is 27.9 Å². The Morgan fingerprint density at radius 3 is 2.23 bits per heavy atom. The number of nitrogens with zero attached hydrogens (tertiary/aromatic N) is 1. The van der Waals surface area contributed by atoms with Crippen LogP contribution >= 0.6 is 31.9 Å². The number of ether oxygens (including phenoxy) is 4. The number of nitrogens with one attached hydrogen (secondary N) is 2. The van der Waals surface area contributed by atoms with E-state index in [-0.39, 0.29) is 28.4 Å². The van der Waals surface area contributed by atoms with Crippen LogP contribution in [0.2, 0.25) is 0 Å². The molecule has 0 spiro atoms. The fourth-order valence-electron chi connectivity index (χ4n) is 3.24. The molecule has 0 heterocycles. The van der Waals surface area contributed by atoms with Gasteiger partial charge in [-0.1, -0.05) is 22.0 Å². The molecule has 0 radical (unpaired) electrons. The third-order valence-electron chi connectivity index (χ3n) is 5.02. The van der Waals surface area contributed by atoms with E-state index in [1.54, 1.807) is 12.1 Å². The highest BCUT2D eigenvalue weighted by Gasteiger charge is 2.20. The Bertz CT molecular complexity index is 1410. The molecule has 0 fully saturated rings. The molecule has 0 aliphatic heterocycles. The zero-order chi connectivity index (χ0) is 28.5. The van der Waals surface area contributed by atoms with Crippen molar-refractivity contribution in [2.45, 2.75) is 0 Å². The summed E-state index contributed by atoms with van der Waals surface area (Å²) in [5.41, 5.74) is 2.80. The molecule has 0 unspecified atom stereocenters. The van der Waals surface area contributed by atoms with E-state index in [1.807, 2.05) is 0 Å². The van der Waals surface area contributed by atoms with Gasteiger partial charge in [0.05, 0.1) is 44.1 Å². The van der Waals surface area contributed by atoms with Crippen LogP contribution in [0.25, 0.3) is 0 Å². The highest BCUT2D eigenvalue weighted by atomic mass is 79.9. The summed E-state index contributed by atoms with van der Waals surface area (Å²) in [6.07, 6.45) is 1.26. The summed E-state index contributed by atoms with van der Waals surface area (Å²) in [5, 5.41) is 6.25. The molecule has 0 aromatic heterocycles. The Hall–Kier alpha value is -3.97. The van der Waals surface area contributed by atoms with Gasteiger partial charge in [-0.15, -0.1) is 0 Å². The predicted octanol–water partition coefficient (Wildman–Crippen LogP) is 4.48. The molecule has 2 amide bonds. The van der Waals surface area contributed by atoms with Gasteiger partial charge in [-0.05, 0) is 58.4 Å². The summed E-state index contributed by atoms with van der Waals surface area (Å²) >= 11 is 6.73. The lowest BCUT2D eigenvalue weighted by Gasteiger charge is -2.15. The second-order valence-electron chi connectivity index (χ2n) is 7.60. The normalized spacial score (nSPS) is 10.6. The molecule has 13 heteroatoms. The van der Waals surface area contributed by atoms with Crippen LogP contribution in [0.5, 0.6) is 23.0 Å². The molecule has 10 nitrogen and oxygen atoms in total. The Labute approximate surface area is 239 Å². The highest BCUT2D eigenvalue weighted by Crippen LogP contribution is 2.39. The summed E-state index contributed by atoms with van der Waals surface area (Å²) in [7, 11) is 4.29. The van der Waals surface area contributed by atoms with Crippen molar-refractivity contribution in [1.82, 2.24) is 10.7 Å². The zero-order valence-corrected chi connectivity index (χ0v) is 24.0. The number of benzene rings is 3. The molecular formula is C26H22Br2FN3O7. The maximum Gasteiger partial charge on any atom is 0.343 e. The van der Waals surface area contributed by atoms with Gasteiger partial charge in [0.25, 0.3) is 11.8 Å². The fraction of sp³-hybridized carbons (Fsp3) is 0.154. The van der Waals surface area contributed by atoms with Crippen LogP contribution in [0, 0.1) is 5.82 Å². The first kappa shape index (κ1) is 29.6. The monoisotopic (exact) mass is 665 g/mol. The SMILES string of the molecule is COc1cc(C(=O)Oc2c(Br)cc(Br)cc2/C=N\NC(=O)CNC(=O)c2cccc(F)c2)cc(OC)c1OC. The summed E-state index contributed by atoms with van der Waals surface area (Å²) < 4.78 is 35.8. The smallest absolute Gasteiger partial charge is 0.343 e. The first-order valence-corrected chi connectivity index (χ1v) is 12.6. The summed E-state index contributed by atoms with van der Waals surface area (Å²) in [6.45, 7) is -0.405. The van der Waals surface area contributed by atoms with Crippen molar-refractivity contribution >= 4 is 55.9 Å². The van der Waals surface area contributed by atoms with Gasteiger partial charge in [-0.3, -0.25) is 9.59 Å². The van der Waals surface area contributed by atoms with Crippen LogP contribution in [0.15, 0.2) is 62.6 Å². The summed E-state index contributed by atoms with van der Waals surface area (Å²) in [6, 6.07) is 11.2. The first-order chi connectivity index (χ1) is 18.7. The van der Waals surface area contributed by atoms with Crippen molar-refractivity contribution in [1.29, 1.82) is 0 Å². The Balaban J connectivity index is 1.73. The van der Waals surface area contributed by atoms with Crippen molar-refractivity contribution in [3.8, 4) is 23.0 Å². The minimum Gasteiger partial charge on any atom is -0.493 e. The van der Waals surface area contributed by atoms with E-state index >= 15 is 0 Å². The van der Waals surface area contributed by atoms with Gasteiger partial charge in [0.1, 0.15) is 5.82 Å². The van der Waals surface area contributed by atoms with Crippen LogP contribution in [0.1, 0.15) is 26.3 Å². The molecular weight excluding hydrogens is 645 g/mol. The van der Waals surface area contributed by atoms with Gasteiger partial charge in [-0.25, -0.2) is 14.6 Å². The molecule has 204 valence electrons. The summed E-state index contributed by atoms with van der Waals surface area (Å²) in [4.78, 5) is 37.2. The summed E-state index contributed by atoms with van der Waals surface area (Å²) in [5.74, 6) is -1.58. The van der Waals surface area contributed by atoms with Gasteiger partial charge in [0, 0.05) is 15.6 Å². The van der Waals surface area contributed by atoms with Crippen LogP contribution in [0.3, 0.4) is 0 Å². The van der Waals surface area contributed by atoms with E-state index < -0.39 is 30.1 Å². The maximum absolute atomic E-state index is 13.3. The number of hydrogen-bond acceptors (Lipinski definition) is 8. The number of hydrazone groups is 1. The molecule has 3 aromatic carbocycles. The average molecular weight is 667 g/mol. The van der Waals surface area contributed by atoms with Crippen molar-refractivity contribution in [2.24, 2.45) is 5.10 Å². The minimum atomic E-state index is -0.726. The molecule has 0 saturated carbocycles. The lowest BCUT2D eigenvalue weighted by atomic mass is 10.1. The number of amides is 2. The third-order valence-corrected chi connectivity index (χ3v) is 6.07. The van der Waals surface area contributed by atoms with Crippen LogP contribution in [-0.2, 0) is 4.79 Å². The number of carbonyl (C=O) groups is 3. The topological polar surface area (TPSA) is 125 Å². The lowest BCUT2D eigenvalue weighted by molar-refractivity contribution is -0.120. The molecule has 3 aromatic rings. The number of halogens is 3. The largest absolute Gasteiger partial charge is 0.493 e. The van der Waals surface area contributed by atoms with Crippen molar-refractivity contribution < 1.29 is 37.7 Å². The van der Waals surface area contributed by atoms with E-state index in [0.717, 1.165) is 6.07 Å². The van der Waals surface area contributed by atoms with Crippen LogP contribution in [-0.4, -0.2) is 51.9 Å². The molecule has 0 atom stereocenters. The number of esters is 1. The molecule has 39 heavy (non-hydrogen) atoms. The van der Waals surface area contributed by atoms with Gasteiger partial charge in [-0.2, -0.15) is 5.10 Å². The standard InChI is InChI=1S/C26H22Br2FN3O7/c1-36-20-9-15(10-21(37-2)24(20)38-3)26(35)39-23-16(7-17(27)11-19(23)28)12-31-32-22(33)13-30-25(34)14-5-4-6-18(29)8-14/h4-12H,13H2,1-3H3,(H,30,34)(H,32,33)/b31-12-.